The molecule has 3 aromatic rings. The van der Waals surface area contributed by atoms with E-state index < -0.39 is 10.0 Å². The maximum Gasteiger partial charge on any atom is 0.262 e. The second-order valence-corrected chi connectivity index (χ2v) is 8.74. The van der Waals surface area contributed by atoms with Crippen molar-refractivity contribution in [1.82, 2.24) is 5.32 Å². The summed E-state index contributed by atoms with van der Waals surface area (Å²) in [5, 5.41) is 2.91. The zero-order valence-electron chi connectivity index (χ0n) is 16.9. The van der Waals surface area contributed by atoms with Gasteiger partial charge in [-0.2, -0.15) is 0 Å². The molecule has 1 aliphatic rings. The number of hydrogen-bond acceptors (Lipinski definition) is 5. The fraction of sp³-hybridized carbons (Fsp3) is 0.174. The molecule has 31 heavy (non-hydrogen) atoms. The molecule has 0 radical (unpaired) electrons. The lowest BCUT2D eigenvalue weighted by atomic mass is 10.1. The van der Waals surface area contributed by atoms with Gasteiger partial charge < -0.3 is 14.8 Å². The Balaban J connectivity index is 1.56. The van der Waals surface area contributed by atoms with Crippen molar-refractivity contribution in [2.45, 2.75) is 17.9 Å². The number of fused-ring (bicyclic) bond motifs is 1. The lowest BCUT2D eigenvalue weighted by Gasteiger charge is -2.19. The zero-order chi connectivity index (χ0) is 21.8. The molecule has 0 unspecified atom stereocenters. The van der Waals surface area contributed by atoms with Crippen LogP contribution >= 0.6 is 0 Å². The van der Waals surface area contributed by atoms with Crippen LogP contribution in [-0.2, 0) is 10.0 Å². The van der Waals surface area contributed by atoms with Crippen molar-refractivity contribution in [3.8, 4) is 11.5 Å². The minimum atomic E-state index is -3.95. The first-order chi connectivity index (χ1) is 14.9. The van der Waals surface area contributed by atoms with Crippen LogP contribution < -0.4 is 19.5 Å². The molecule has 0 aliphatic carbocycles. The first-order valence-electron chi connectivity index (χ1n) is 9.81. The van der Waals surface area contributed by atoms with Gasteiger partial charge in [0.1, 0.15) is 13.2 Å². The smallest absolute Gasteiger partial charge is 0.262 e. The van der Waals surface area contributed by atoms with Crippen LogP contribution in [0.5, 0.6) is 11.5 Å². The van der Waals surface area contributed by atoms with Crippen LogP contribution in [0.15, 0.2) is 77.7 Å². The van der Waals surface area contributed by atoms with Crippen LogP contribution in [-0.4, -0.2) is 27.5 Å². The van der Waals surface area contributed by atoms with E-state index in [1.807, 2.05) is 37.3 Å². The monoisotopic (exact) mass is 438 g/mol. The van der Waals surface area contributed by atoms with Crippen molar-refractivity contribution >= 4 is 21.6 Å². The molecule has 8 heteroatoms. The molecule has 0 aromatic heterocycles. The van der Waals surface area contributed by atoms with Crippen LogP contribution in [0.4, 0.5) is 5.69 Å². The molecule has 0 bridgehead atoms. The molecular formula is C23H22N2O5S. The summed E-state index contributed by atoms with van der Waals surface area (Å²) in [6, 6.07) is 20.2. The quantitative estimate of drug-likeness (QED) is 0.611. The molecule has 7 nitrogen and oxygen atoms in total. The molecule has 1 heterocycles. The van der Waals surface area contributed by atoms with Crippen LogP contribution in [0.1, 0.15) is 28.9 Å². The van der Waals surface area contributed by atoms with E-state index in [1.54, 1.807) is 30.3 Å². The van der Waals surface area contributed by atoms with E-state index >= 15 is 0 Å². The van der Waals surface area contributed by atoms with E-state index in [0.717, 1.165) is 5.56 Å². The maximum atomic E-state index is 13.0. The Morgan fingerprint density at radius 2 is 1.58 bits per heavy atom. The molecule has 0 spiro atoms. The van der Waals surface area contributed by atoms with Gasteiger partial charge in [0.25, 0.3) is 15.9 Å². The van der Waals surface area contributed by atoms with Gasteiger partial charge in [0.15, 0.2) is 11.5 Å². The number of anilines is 1. The number of para-hydroxylation sites is 1. The topological polar surface area (TPSA) is 93.7 Å². The molecule has 160 valence electrons. The zero-order valence-corrected chi connectivity index (χ0v) is 17.7. The van der Waals surface area contributed by atoms with Gasteiger partial charge in [-0.25, -0.2) is 8.42 Å². The molecule has 2 N–H and O–H groups in total. The molecule has 0 saturated heterocycles. The summed E-state index contributed by atoms with van der Waals surface area (Å²) in [6.45, 7) is 2.64. The Labute approximate surface area is 181 Å². The highest BCUT2D eigenvalue weighted by Crippen LogP contribution is 2.33. The summed E-state index contributed by atoms with van der Waals surface area (Å²) in [4.78, 5) is 12.9. The van der Waals surface area contributed by atoms with E-state index in [0.29, 0.717) is 24.7 Å². The minimum Gasteiger partial charge on any atom is -0.486 e. The summed E-state index contributed by atoms with van der Waals surface area (Å²) >= 11 is 0. The minimum absolute atomic E-state index is 0.0182. The number of rotatable bonds is 6. The third-order valence-electron chi connectivity index (χ3n) is 4.89. The summed E-state index contributed by atoms with van der Waals surface area (Å²) in [5.41, 5.74) is 1.37. The normalized spacial score (nSPS) is 13.8. The van der Waals surface area contributed by atoms with Crippen molar-refractivity contribution < 1.29 is 22.7 Å². The van der Waals surface area contributed by atoms with Gasteiger partial charge >= 0.3 is 0 Å². The van der Waals surface area contributed by atoms with Gasteiger partial charge in [0.05, 0.1) is 22.2 Å². The van der Waals surface area contributed by atoms with Crippen molar-refractivity contribution in [2.24, 2.45) is 0 Å². The van der Waals surface area contributed by atoms with Gasteiger partial charge in [-0.05, 0) is 36.8 Å². The Kier molecular flexibility index (Phi) is 5.81. The molecular weight excluding hydrogens is 416 g/mol. The lowest BCUT2D eigenvalue weighted by Crippen LogP contribution is -2.28. The Morgan fingerprint density at radius 3 is 2.35 bits per heavy atom. The number of carbonyl (C=O) groups is 1. The SMILES string of the molecule is C[C@H](NC(=O)c1ccccc1NS(=O)(=O)c1ccc2c(c1)OCCO2)c1ccccc1. The lowest BCUT2D eigenvalue weighted by molar-refractivity contribution is 0.0941. The number of ether oxygens (including phenoxy) is 2. The molecule has 1 aliphatic heterocycles. The second kappa shape index (κ2) is 8.69. The van der Waals surface area contributed by atoms with Crippen LogP contribution in [0.25, 0.3) is 0 Å². The first-order valence-corrected chi connectivity index (χ1v) is 11.3. The molecule has 0 saturated carbocycles. The largest absolute Gasteiger partial charge is 0.486 e. The number of benzene rings is 3. The maximum absolute atomic E-state index is 13.0. The first kappa shape index (κ1) is 20.7. The molecule has 4 rings (SSSR count). The average molecular weight is 439 g/mol. The molecule has 3 aromatic carbocycles. The fourth-order valence-electron chi connectivity index (χ4n) is 3.26. The summed E-state index contributed by atoms with van der Waals surface area (Å²) in [6.07, 6.45) is 0. The van der Waals surface area contributed by atoms with Crippen molar-refractivity contribution in [3.63, 3.8) is 0 Å². The average Bonchev–Trinajstić information content (AvgIpc) is 2.79. The van der Waals surface area contributed by atoms with E-state index in [-0.39, 0.29) is 28.1 Å². The van der Waals surface area contributed by atoms with E-state index in [9.17, 15) is 13.2 Å². The van der Waals surface area contributed by atoms with Gasteiger partial charge in [-0.3, -0.25) is 9.52 Å². The number of amides is 1. The van der Waals surface area contributed by atoms with E-state index in [1.165, 1.54) is 12.1 Å². The fourth-order valence-corrected chi connectivity index (χ4v) is 4.36. The highest BCUT2D eigenvalue weighted by molar-refractivity contribution is 7.92. The predicted molar refractivity (Wildman–Crippen MR) is 117 cm³/mol. The Hall–Kier alpha value is -3.52. The number of hydrogen-bond donors (Lipinski definition) is 2. The van der Waals surface area contributed by atoms with Crippen molar-refractivity contribution in [1.29, 1.82) is 0 Å². The van der Waals surface area contributed by atoms with Gasteiger partial charge in [-0.15, -0.1) is 0 Å². The highest BCUT2D eigenvalue weighted by Gasteiger charge is 2.22. The Morgan fingerprint density at radius 1 is 0.903 bits per heavy atom. The highest BCUT2D eigenvalue weighted by atomic mass is 32.2. The summed E-state index contributed by atoms with van der Waals surface area (Å²) in [5.74, 6) is 0.494. The Bertz CT molecular complexity index is 1200. The van der Waals surface area contributed by atoms with Gasteiger partial charge in [0, 0.05) is 6.07 Å². The molecule has 1 atom stereocenters. The van der Waals surface area contributed by atoms with Crippen LogP contribution in [0.3, 0.4) is 0 Å². The van der Waals surface area contributed by atoms with Gasteiger partial charge in [-0.1, -0.05) is 42.5 Å². The summed E-state index contributed by atoms with van der Waals surface area (Å²) < 4.78 is 39.4. The van der Waals surface area contributed by atoms with Gasteiger partial charge in [0.2, 0.25) is 0 Å². The number of sulfonamides is 1. The summed E-state index contributed by atoms with van der Waals surface area (Å²) in [7, 11) is -3.95. The van der Waals surface area contributed by atoms with Crippen LogP contribution in [0, 0.1) is 0 Å². The second-order valence-electron chi connectivity index (χ2n) is 7.06. The van der Waals surface area contributed by atoms with E-state index in [4.69, 9.17) is 9.47 Å². The van der Waals surface area contributed by atoms with Crippen molar-refractivity contribution in [3.05, 3.63) is 83.9 Å². The standard InChI is InChI=1S/C23H22N2O5S/c1-16(17-7-3-2-4-8-17)24-23(26)19-9-5-6-10-20(19)25-31(27,28)18-11-12-21-22(15-18)30-14-13-29-21/h2-12,15-16,25H,13-14H2,1H3,(H,24,26)/t16-/m0/s1. The third kappa shape index (κ3) is 4.64. The molecule has 1 amide bonds. The molecule has 0 fully saturated rings. The number of carbonyl (C=O) groups excluding carboxylic acids is 1. The van der Waals surface area contributed by atoms with Crippen LogP contribution in [0.2, 0.25) is 0 Å². The van der Waals surface area contributed by atoms with E-state index in [2.05, 4.69) is 10.0 Å². The predicted octanol–water partition coefficient (Wildman–Crippen LogP) is 3.75. The number of nitrogens with one attached hydrogen (secondary N) is 2. The van der Waals surface area contributed by atoms with Crippen molar-refractivity contribution in [2.75, 3.05) is 17.9 Å². The third-order valence-corrected chi connectivity index (χ3v) is 6.25.